The molecule has 2 fully saturated rings. The maximum Gasteiger partial charge on any atom is 0.0582 e. The van der Waals surface area contributed by atoms with Gasteiger partial charge in [0.2, 0.25) is 0 Å². The Bertz CT molecular complexity index is 115. The summed E-state index contributed by atoms with van der Waals surface area (Å²) in [5, 5.41) is 0. The number of rotatable bonds is 1. The third kappa shape index (κ3) is 0.775. The first-order valence-corrected chi connectivity index (χ1v) is 3.72. The zero-order valence-electron chi connectivity index (χ0n) is 5.55. The van der Waals surface area contributed by atoms with Gasteiger partial charge in [0.05, 0.1) is 12.7 Å². The van der Waals surface area contributed by atoms with Crippen molar-refractivity contribution in [2.45, 2.75) is 18.9 Å². The van der Waals surface area contributed by atoms with Crippen LogP contribution in [0.25, 0.3) is 0 Å². The molecule has 0 aromatic carbocycles. The first-order valence-electron chi connectivity index (χ1n) is 3.72. The van der Waals surface area contributed by atoms with E-state index in [0.29, 0.717) is 6.10 Å². The lowest BCUT2D eigenvalue weighted by molar-refractivity contribution is 0.0545. The molecule has 0 aromatic rings. The Morgan fingerprint density at radius 3 is 2.67 bits per heavy atom. The number of hydrogen-bond acceptors (Lipinski definition) is 2. The number of nitrogens with two attached hydrogens (primary N) is 1. The molecular formula is C7H13NO. The van der Waals surface area contributed by atoms with Crippen LogP contribution >= 0.6 is 0 Å². The van der Waals surface area contributed by atoms with Crippen LogP contribution in [0.5, 0.6) is 0 Å². The van der Waals surface area contributed by atoms with Crippen molar-refractivity contribution < 1.29 is 4.74 Å². The van der Waals surface area contributed by atoms with Gasteiger partial charge in [-0.25, -0.2) is 0 Å². The molecular weight excluding hydrogens is 114 g/mol. The molecule has 1 heterocycles. The maximum atomic E-state index is 5.56. The SMILES string of the molecule is NC[C@@H]1C[C@@H]2C[C@H]1CO2. The third-order valence-corrected chi connectivity index (χ3v) is 2.65. The molecule has 1 saturated heterocycles. The van der Waals surface area contributed by atoms with Gasteiger partial charge in [-0.3, -0.25) is 0 Å². The molecule has 52 valence electrons. The van der Waals surface area contributed by atoms with Gasteiger partial charge in [-0.05, 0) is 31.2 Å². The van der Waals surface area contributed by atoms with Gasteiger partial charge < -0.3 is 10.5 Å². The van der Waals surface area contributed by atoms with E-state index in [-0.39, 0.29) is 0 Å². The van der Waals surface area contributed by atoms with E-state index in [2.05, 4.69) is 0 Å². The molecule has 1 aliphatic heterocycles. The van der Waals surface area contributed by atoms with E-state index in [9.17, 15) is 0 Å². The Morgan fingerprint density at radius 1 is 1.44 bits per heavy atom. The van der Waals surface area contributed by atoms with E-state index < -0.39 is 0 Å². The molecule has 2 bridgehead atoms. The second-order valence-corrected chi connectivity index (χ2v) is 3.18. The highest BCUT2D eigenvalue weighted by molar-refractivity contribution is 4.89. The van der Waals surface area contributed by atoms with Crippen molar-refractivity contribution >= 4 is 0 Å². The Balaban J connectivity index is 2.01. The fourth-order valence-corrected chi connectivity index (χ4v) is 2.05. The van der Waals surface area contributed by atoms with Crippen LogP contribution in [0.2, 0.25) is 0 Å². The third-order valence-electron chi connectivity index (χ3n) is 2.65. The number of ether oxygens (including phenoxy) is 1. The molecule has 1 saturated carbocycles. The summed E-state index contributed by atoms with van der Waals surface area (Å²) in [6.45, 7) is 1.84. The van der Waals surface area contributed by atoms with Crippen LogP contribution in [-0.4, -0.2) is 19.3 Å². The lowest BCUT2D eigenvalue weighted by Gasteiger charge is -2.19. The minimum absolute atomic E-state index is 0.573. The summed E-state index contributed by atoms with van der Waals surface area (Å²) in [7, 11) is 0. The van der Waals surface area contributed by atoms with E-state index in [1.54, 1.807) is 0 Å². The quantitative estimate of drug-likeness (QED) is 0.552. The zero-order valence-corrected chi connectivity index (χ0v) is 5.55. The van der Waals surface area contributed by atoms with E-state index in [4.69, 9.17) is 10.5 Å². The Morgan fingerprint density at radius 2 is 2.33 bits per heavy atom. The van der Waals surface area contributed by atoms with Crippen LogP contribution in [0.1, 0.15) is 12.8 Å². The maximum absolute atomic E-state index is 5.56. The van der Waals surface area contributed by atoms with Crippen LogP contribution in [0.4, 0.5) is 0 Å². The highest BCUT2D eigenvalue weighted by Gasteiger charge is 2.39. The molecule has 0 radical (unpaired) electrons. The van der Waals surface area contributed by atoms with Crippen molar-refractivity contribution in [1.82, 2.24) is 0 Å². The summed E-state index contributed by atoms with van der Waals surface area (Å²) in [6, 6.07) is 0. The molecule has 2 N–H and O–H groups in total. The van der Waals surface area contributed by atoms with Crippen molar-refractivity contribution in [3.8, 4) is 0 Å². The zero-order chi connectivity index (χ0) is 6.27. The summed E-state index contributed by atoms with van der Waals surface area (Å²) >= 11 is 0. The molecule has 2 rings (SSSR count). The van der Waals surface area contributed by atoms with Crippen molar-refractivity contribution in [2.75, 3.05) is 13.2 Å². The summed E-state index contributed by atoms with van der Waals surface area (Å²) in [5.41, 5.74) is 5.56. The minimum atomic E-state index is 0.573. The Labute approximate surface area is 55.4 Å². The molecule has 1 aliphatic carbocycles. The summed E-state index contributed by atoms with van der Waals surface area (Å²) in [5.74, 6) is 1.59. The molecule has 2 nitrogen and oxygen atoms in total. The normalized spacial score (nSPS) is 48.3. The van der Waals surface area contributed by atoms with Gasteiger partial charge in [0.1, 0.15) is 0 Å². The summed E-state index contributed by atoms with van der Waals surface area (Å²) in [6.07, 6.45) is 3.08. The second kappa shape index (κ2) is 1.96. The van der Waals surface area contributed by atoms with Crippen LogP contribution < -0.4 is 5.73 Å². The first-order chi connectivity index (χ1) is 4.40. The van der Waals surface area contributed by atoms with Crippen molar-refractivity contribution in [1.29, 1.82) is 0 Å². The average molecular weight is 127 g/mol. The standard InChI is InChI=1S/C7H13NO/c8-3-5-1-7-2-6(5)4-9-7/h5-7H,1-4,8H2/t5-,6-,7+/m0/s1. The fourth-order valence-electron chi connectivity index (χ4n) is 2.05. The van der Waals surface area contributed by atoms with Crippen LogP contribution in [0.3, 0.4) is 0 Å². The summed E-state index contributed by atoms with van der Waals surface area (Å²) in [4.78, 5) is 0. The van der Waals surface area contributed by atoms with Gasteiger partial charge in [-0.15, -0.1) is 0 Å². The molecule has 2 heteroatoms. The van der Waals surface area contributed by atoms with E-state index in [1.807, 2.05) is 0 Å². The predicted octanol–water partition coefficient (Wildman–Crippen LogP) is 0.370. The molecule has 3 atom stereocenters. The average Bonchev–Trinajstić information content (AvgIpc) is 2.45. The van der Waals surface area contributed by atoms with Crippen molar-refractivity contribution in [3.63, 3.8) is 0 Å². The topological polar surface area (TPSA) is 35.2 Å². The van der Waals surface area contributed by atoms with Gasteiger partial charge in [0, 0.05) is 0 Å². The summed E-state index contributed by atoms with van der Waals surface area (Å²) < 4.78 is 5.43. The van der Waals surface area contributed by atoms with Crippen molar-refractivity contribution in [2.24, 2.45) is 17.6 Å². The minimum Gasteiger partial charge on any atom is -0.378 e. The lowest BCUT2D eigenvalue weighted by atomic mass is 9.97. The first kappa shape index (κ1) is 5.69. The highest BCUT2D eigenvalue weighted by atomic mass is 16.5. The monoisotopic (exact) mass is 127 g/mol. The smallest absolute Gasteiger partial charge is 0.0582 e. The number of fused-ring (bicyclic) bond motifs is 2. The highest BCUT2D eigenvalue weighted by Crippen LogP contribution is 2.39. The second-order valence-electron chi connectivity index (χ2n) is 3.18. The van der Waals surface area contributed by atoms with Gasteiger partial charge in [-0.1, -0.05) is 0 Å². The number of hydrogen-bond donors (Lipinski definition) is 1. The molecule has 0 unspecified atom stereocenters. The molecule has 0 amide bonds. The lowest BCUT2D eigenvalue weighted by Crippen LogP contribution is -2.24. The molecule has 9 heavy (non-hydrogen) atoms. The largest absolute Gasteiger partial charge is 0.378 e. The molecule has 0 spiro atoms. The van der Waals surface area contributed by atoms with Crippen LogP contribution in [0, 0.1) is 11.8 Å². The molecule has 0 aromatic heterocycles. The molecule has 2 aliphatic rings. The van der Waals surface area contributed by atoms with Gasteiger partial charge in [-0.2, -0.15) is 0 Å². The van der Waals surface area contributed by atoms with Gasteiger partial charge >= 0.3 is 0 Å². The Kier molecular flexibility index (Phi) is 1.24. The van der Waals surface area contributed by atoms with Crippen LogP contribution in [0.15, 0.2) is 0 Å². The van der Waals surface area contributed by atoms with Crippen molar-refractivity contribution in [3.05, 3.63) is 0 Å². The predicted molar refractivity (Wildman–Crippen MR) is 35.0 cm³/mol. The Hall–Kier alpha value is -0.0800. The van der Waals surface area contributed by atoms with Gasteiger partial charge in [0.15, 0.2) is 0 Å². The van der Waals surface area contributed by atoms with E-state index >= 15 is 0 Å². The van der Waals surface area contributed by atoms with E-state index in [0.717, 1.165) is 25.0 Å². The fraction of sp³-hybridized carbons (Fsp3) is 1.00. The van der Waals surface area contributed by atoms with Crippen LogP contribution in [-0.2, 0) is 4.74 Å². The van der Waals surface area contributed by atoms with E-state index in [1.165, 1.54) is 12.8 Å². The van der Waals surface area contributed by atoms with Gasteiger partial charge in [0.25, 0.3) is 0 Å².